The van der Waals surface area contributed by atoms with Crippen molar-refractivity contribution < 1.29 is 14.3 Å². The van der Waals surface area contributed by atoms with Crippen molar-refractivity contribution in [1.82, 2.24) is 9.88 Å². The van der Waals surface area contributed by atoms with Gasteiger partial charge in [-0.25, -0.2) is 0 Å². The van der Waals surface area contributed by atoms with Gasteiger partial charge in [0, 0.05) is 46.0 Å². The average Bonchev–Trinajstić information content (AvgIpc) is 2.46. The lowest BCUT2D eigenvalue weighted by atomic mass is 10.2. The molecule has 1 aromatic heterocycles. The summed E-state index contributed by atoms with van der Waals surface area (Å²) in [5, 5.41) is 0. The molecule has 20 heavy (non-hydrogen) atoms. The highest BCUT2D eigenvalue weighted by molar-refractivity contribution is 5.92. The Labute approximate surface area is 119 Å². The summed E-state index contributed by atoms with van der Waals surface area (Å²) in [5.41, 5.74) is 1.31. The molecule has 0 radical (unpaired) electrons. The van der Waals surface area contributed by atoms with Crippen molar-refractivity contribution >= 4 is 17.6 Å². The molecular weight excluding hydrogens is 258 g/mol. The second kappa shape index (κ2) is 7.47. The van der Waals surface area contributed by atoms with Crippen LogP contribution in [0.25, 0.3) is 0 Å². The maximum atomic E-state index is 11.8. The first-order valence-electron chi connectivity index (χ1n) is 6.41. The number of aromatic nitrogens is 1. The highest BCUT2D eigenvalue weighted by atomic mass is 16.5. The van der Waals surface area contributed by atoms with E-state index in [1.54, 1.807) is 26.4 Å². The van der Waals surface area contributed by atoms with Gasteiger partial charge >= 0.3 is 5.97 Å². The van der Waals surface area contributed by atoms with Crippen LogP contribution in [0.3, 0.4) is 0 Å². The summed E-state index contributed by atoms with van der Waals surface area (Å²) < 4.78 is 4.60. The summed E-state index contributed by atoms with van der Waals surface area (Å²) in [6.45, 7) is 0.703. The Balaban J connectivity index is 2.64. The van der Waals surface area contributed by atoms with E-state index >= 15 is 0 Å². The van der Waals surface area contributed by atoms with Crippen molar-refractivity contribution in [2.24, 2.45) is 0 Å². The fourth-order valence-corrected chi connectivity index (χ4v) is 1.69. The van der Waals surface area contributed by atoms with Gasteiger partial charge in [-0.2, -0.15) is 0 Å². The SMILES string of the molecule is COC(=O)CCCN(C)c1ccnc(C(=O)N(C)C)c1. The molecule has 0 aliphatic carbocycles. The number of carbonyl (C=O) groups excluding carboxylic acids is 2. The fraction of sp³-hybridized carbons (Fsp3) is 0.500. The van der Waals surface area contributed by atoms with Crippen LogP contribution in [0, 0.1) is 0 Å². The Kier molecular flexibility index (Phi) is 5.96. The maximum absolute atomic E-state index is 11.8. The number of nitrogens with zero attached hydrogens (tertiary/aromatic N) is 3. The first-order chi connectivity index (χ1) is 9.45. The molecule has 1 heterocycles. The van der Waals surface area contributed by atoms with E-state index in [1.807, 2.05) is 18.0 Å². The largest absolute Gasteiger partial charge is 0.469 e. The lowest BCUT2D eigenvalue weighted by Gasteiger charge is -2.19. The van der Waals surface area contributed by atoms with Crippen LogP contribution in [0.15, 0.2) is 18.3 Å². The zero-order chi connectivity index (χ0) is 15.1. The molecule has 0 spiro atoms. The smallest absolute Gasteiger partial charge is 0.305 e. The molecule has 1 aromatic rings. The van der Waals surface area contributed by atoms with Crippen molar-refractivity contribution in [3.05, 3.63) is 24.0 Å². The van der Waals surface area contributed by atoms with Gasteiger partial charge < -0.3 is 14.5 Å². The van der Waals surface area contributed by atoms with Crippen LogP contribution in [0.2, 0.25) is 0 Å². The van der Waals surface area contributed by atoms with Crippen LogP contribution in [0.5, 0.6) is 0 Å². The standard InChI is InChI=1S/C14H21N3O3/c1-16(2)14(19)12-10-11(7-8-15-12)17(3)9-5-6-13(18)20-4/h7-8,10H,5-6,9H2,1-4H3. The van der Waals surface area contributed by atoms with E-state index in [4.69, 9.17) is 0 Å². The average molecular weight is 279 g/mol. The Hall–Kier alpha value is -2.11. The Morgan fingerprint density at radius 2 is 2.00 bits per heavy atom. The van der Waals surface area contributed by atoms with Gasteiger partial charge in [-0.15, -0.1) is 0 Å². The molecule has 0 aromatic carbocycles. The third kappa shape index (κ3) is 4.53. The molecule has 0 atom stereocenters. The van der Waals surface area contributed by atoms with Crippen LogP contribution in [0.1, 0.15) is 23.3 Å². The summed E-state index contributed by atoms with van der Waals surface area (Å²) in [6.07, 6.45) is 2.70. The summed E-state index contributed by atoms with van der Waals surface area (Å²) >= 11 is 0. The van der Waals surface area contributed by atoms with Crippen LogP contribution >= 0.6 is 0 Å². The second-order valence-electron chi connectivity index (χ2n) is 4.70. The Morgan fingerprint density at radius 3 is 2.60 bits per heavy atom. The zero-order valence-corrected chi connectivity index (χ0v) is 12.4. The minimum Gasteiger partial charge on any atom is -0.469 e. The number of amides is 1. The van der Waals surface area contributed by atoms with Gasteiger partial charge in [0.2, 0.25) is 0 Å². The first-order valence-corrected chi connectivity index (χ1v) is 6.41. The van der Waals surface area contributed by atoms with Gasteiger partial charge in [-0.3, -0.25) is 14.6 Å². The number of rotatable bonds is 6. The molecule has 0 unspecified atom stereocenters. The van der Waals surface area contributed by atoms with Crippen molar-refractivity contribution in [2.75, 3.05) is 39.7 Å². The highest BCUT2D eigenvalue weighted by Crippen LogP contribution is 2.14. The number of esters is 1. The van der Waals surface area contributed by atoms with E-state index in [-0.39, 0.29) is 11.9 Å². The minimum absolute atomic E-state index is 0.130. The number of hydrogen-bond acceptors (Lipinski definition) is 5. The summed E-state index contributed by atoms with van der Waals surface area (Å²) in [4.78, 5) is 30.4. The molecule has 0 bridgehead atoms. The van der Waals surface area contributed by atoms with E-state index < -0.39 is 0 Å². The van der Waals surface area contributed by atoms with Crippen molar-refractivity contribution in [3.63, 3.8) is 0 Å². The molecule has 0 aliphatic heterocycles. The molecule has 0 saturated carbocycles. The van der Waals surface area contributed by atoms with Gasteiger partial charge in [0.05, 0.1) is 7.11 Å². The predicted molar refractivity (Wildman–Crippen MR) is 76.8 cm³/mol. The first kappa shape index (κ1) is 15.9. The molecule has 6 nitrogen and oxygen atoms in total. The van der Waals surface area contributed by atoms with Crippen LogP contribution in [-0.2, 0) is 9.53 Å². The maximum Gasteiger partial charge on any atom is 0.305 e. The van der Waals surface area contributed by atoms with E-state index in [1.165, 1.54) is 12.0 Å². The molecule has 110 valence electrons. The lowest BCUT2D eigenvalue weighted by molar-refractivity contribution is -0.140. The predicted octanol–water partition coefficient (Wildman–Crippen LogP) is 1.17. The molecule has 0 fully saturated rings. The van der Waals surface area contributed by atoms with Crippen molar-refractivity contribution in [3.8, 4) is 0 Å². The third-order valence-corrected chi connectivity index (χ3v) is 2.91. The monoisotopic (exact) mass is 279 g/mol. The fourth-order valence-electron chi connectivity index (χ4n) is 1.69. The van der Waals surface area contributed by atoms with Gasteiger partial charge in [0.25, 0.3) is 5.91 Å². The highest BCUT2D eigenvalue weighted by Gasteiger charge is 2.11. The molecule has 0 aliphatic rings. The van der Waals surface area contributed by atoms with Gasteiger partial charge in [-0.05, 0) is 18.6 Å². The molecule has 0 N–H and O–H groups in total. The molecule has 1 rings (SSSR count). The third-order valence-electron chi connectivity index (χ3n) is 2.91. The lowest BCUT2D eigenvalue weighted by Crippen LogP contribution is -2.24. The number of ether oxygens (including phenoxy) is 1. The Morgan fingerprint density at radius 1 is 1.30 bits per heavy atom. The van der Waals surface area contributed by atoms with Gasteiger partial charge in [0.15, 0.2) is 0 Å². The summed E-state index contributed by atoms with van der Waals surface area (Å²) in [6, 6.07) is 3.59. The molecular formula is C14H21N3O3. The number of carbonyl (C=O) groups is 2. The normalized spacial score (nSPS) is 10.0. The number of methoxy groups -OCH3 is 1. The quantitative estimate of drug-likeness (QED) is 0.732. The van der Waals surface area contributed by atoms with E-state index in [2.05, 4.69) is 9.72 Å². The zero-order valence-electron chi connectivity index (χ0n) is 12.4. The van der Waals surface area contributed by atoms with Gasteiger partial charge in [0.1, 0.15) is 5.69 Å². The van der Waals surface area contributed by atoms with Crippen LogP contribution in [0.4, 0.5) is 5.69 Å². The molecule has 0 saturated heterocycles. The second-order valence-corrected chi connectivity index (χ2v) is 4.70. The van der Waals surface area contributed by atoms with Crippen LogP contribution < -0.4 is 4.90 Å². The van der Waals surface area contributed by atoms with Gasteiger partial charge in [-0.1, -0.05) is 0 Å². The Bertz CT molecular complexity index is 474. The van der Waals surface area contributed by atoms with E-state index in [0.29, 0.717) is 25.1 Å². The van der Waals surface area contributed by atoms with E-state index in [0.717, 1.165) is 5.69 Å². The van der Waals surface area contributed by atoms with E-state index in [9.17, 15) is 9.59 Å². The number of hydrogen-bond donors (Lipinski definition) is 0. The van der Waals surface area contributed by atoms with Crippen LogP contribution in [-0.4, -0.2) is 56.6 Å². The topological polar surface area (TPSA) is 62.7 Å². The number of pyridine rings is 1. The van der Waals surface area contributed by atoms with Crippen molar-refractivity contribution in [2.45, 2.75) is 12.8 Å². The molecule has 1 amide bonds. The summed E-state index contributed by atoms with van der Waals surface area (Å²) in [7, 11) is 6.68. The van der Waals surface area contributed by atoms with Crippen molar-refractivity contribution in [1.29, 1.82) is 0 Å². The summed E-state index contributed by atoms with van der Waals surface area (Å²) in [5.74, 6) is -0.341. The minimum atomic E-state index is -0.211. The molecule has 6 heteroatoms. The number of anilines is 1.